The summed E-state index contributed by atoms with van der Waals surface area (Å²) in [6.45, 7) is 9.03. The van der Waals surface area contributed by atoms with Crippen LogP contribution in [0.3, 0.4) is 0 Å². The number of ketones is 2. The van der Waals surface area contributed by atoms with Gasteiger partial charge in [-0.1, -0.05) is 53.4 Å². The van der Waals surface area contributed by atoms with Gasteiger partial charge in [-0.25, -0.2) is 0 Å². The average molecular weight is 683 g/mol. The molecule has 0 N–H and O–H groups in total. The number of hydrogen-bond donors (Lipinski definition) is 0. The molecule has 6 aromatic rings. The van der Waals surface area contributed by atoms with Crippen molar-refractivity contribution < 1.29 is 9.59 Å². The molecule has 2 aromatic carbocycles. The lowest BCUT2D eigenvalue weighted by Crippen LogP contribution is -2.41. The minimum Gasteiger partial charge on any atom is -0.290 e. The molecule has 0 spiro atoms. The summed E-state index contributed by atoms with van der Waals surface area (Å²) in [4.78, 5) is 34.4. The first-order valence-corrected chi connectivity index (χ1v) is 20.8. The molecule has 2 bridgehead atoms. The average Bonchev–Trinajstić information content (AvgIpc) is 3.86. The van der Waals surface area contributed by atoms with E-state index in [1.165, 1.54) is 133 Å². The molecule has 2 nitrogen and oxygen atoms in total. The number of Topliss-reactive ketones (excluding diaryl/α,β-unsaturated/α-hetero) is 2. The highest BCUT2D eigenvalue weighted by Gasteiger charge is 2.53. The zero-order chi connectivity index (χ0) is 31.7. The van der Waals surface area contributed by atoms with Crippen molar-refractivity contribution in [2.24, 2.45) is 0 Å². The Labute approximate surface area is 287 Å². The van der Waals surface area contributed by atoms with E-state index in [1.54, 1.807) is 0 Å². The van der Waals surface area contributed by atoms with E-state index in [0.717, 1.165) is 25.7 Å². The van der Waals surface area contributed by atoms with E-state index in [9.17, 15) is 9.59 Å². The third-order valence-electron chi connectivity index (χ3n) is 10.3. The number of carbonyl (C=O) groups is 2. The lowest BCUT2D eigenvalue weighted by Gasteiger charge is -2.39. The highest BCUT2D eigenvalue weighted by atomic mass is 32.1. The molecule has 0 atom stereocenters. The Balaban J connectivity index is 1.47. The second-order valence-corrected chi connectivity index (χ2v) is 18.0. The third kappa shape index (κ3) is 4.64. The number of thiophene rings is 4. The van der Waals surface area contributed by atoms with Crippen molar-refractivity contribution in [1.29, 1.82) is 0 Å². The lowest BCUT2D eigenvalue weighted by atomic mass is 9.61. The summed E-state index contributed by atoms with van der Waals surface area (Å²) < 4.78 is 5.06. The van der Waals surface area contributed by atoms with Gasteiger partial charge in [-0.05, 0) is 97.9 Å². The summed E-state index contributed by atoms with van der Waals surface area (Å²) in [5, 5.41) is 5.23. The van der Waals surface area contributed by atoms with Crippen molar-refractivity contribution in [3.63, 3.8) is 0 Å². The topological polar surface area (TPSA) is 34.1 Å². The number of carbonyl (C=O) groups excluding carboxylic acids is 2. The summed E-state index contributed by atoms with van der Waals surface area (Å²) in [7, 11) is 0. The van der Waals surface area contributed by atoms with Gasteiger partial charge < -0.3 is 0 Å². The van der Waals surface area contributed by atoms with Crippen molar-refractivity contribution >= 4 is 97.3 Å². The fourth-order valence-electron chi connectivity index (χ4n) is 8.00. The maximum atomic E-state index is 14.4. The first kappa shape index (κ1) is 30.9. The molecule has 0 saturated heterocycles. The molecule has 3 aliphatic carbocycles. The van der Waals surface area contributed by atoms with Gasteiger partial charge in [0.25, 0.3) is 0 Å². The van der Waals surface area contributed by atoms with E-state index in [-0.39, 0.29) is 11.6 Å². The van der Waals surface area contributed by atoms with E-state index in [0.29, 0.717) is 0 Å². The van der Waals surface area contributed by atoms with Crippen LogP contribution in [-0.4, -0.2) is 11.6 Å². The molecule has 9 rings (SSSR count). The summed E-state index contributed by atoms with van der Waals surface area (Å²) in [6, 6.07) is 9.71. The van der Waals surface area contributed by atoms with Crippen LogP contribution in [0.1, 0.15) is 133 Å². The molecule has 4 heterocycles. The highest BCUT2D eigenvalue weighted by molar-refractivity contribution is 7.22. The first-order chi connectivity index (χ1) is 22.5. The summed E-state index contributed by atoms with van der Waals surface area (Å²) in [5.41, 5.74) is 4.70. The Morgan fingerprint density at radius 3 is 0.891 bits per heavy atom. The first-order valence-electron chi connectivity index (χ1n) is 17.6. The van der Waals surface area contributed by atoms with E-state index < -0.39 is 11.8 Å². The Bertz CT molecular complexity index is 1870. The molecule has 0 radical (unpaired) electrons. The molecule has 0 aliphatic heterocycles. The van der Waals surface area contributed by atoms with E-state index >= 15 is 0 Å². The molecular formula is C40H42O2S4. The predicted octanol–water partition coefficient (Wildman–Crippen LogP) is 12.6. The van der Waals surface area contributed by atoms with Crippen LogP contribution in [0.25, 0.3) is 40.3 Å². The number of rotatable bonds is 12. The normalized spacial score (nSPS) is 17.4. The fourth-order valence-corrected chi connectivity index (χ4v) is 13.2. The van der Waals surface area contributed by atoms with Gasteiger partial charge in [0, 0.05) is 59.9 Å². The largest absolute Gasteiger partial charge is 0.290 e. The van der Waals surface area contributed by atoms with E-state index in [1.807, 2.05) is 45.3 Å². The summed E-state index contributed by atoms with van der Waals surface area (Å²) in [6.07, 6.45) is 13.6. The number of unbranched alkanes of at least 4 members (excludes halogenated alkanes) is 4. The van der Waals surface area contributed by atoms with Crippen LogP contribution >= 0.6 is 45.3 Å². The molecular weight excluding hydrogens is 641 g/mol. The van der Waals surface area contributed by atoms with Crippen molar-refractivity contribution in [3.05, 3.63) is 66.0 Å². The van der Waals surface area contributed by atoms with Crippen LogP contribution < -0.4 is 0 Å². The zero-order valence-corrected chi connectivity index (χ0v) is 30.7. The van der Waals surface area contributed by atoms with Crippen LogP contribution in [0.2, 0.25) is 0 Å². The van der Waals surface area contributed by atoms with Gasteiger partial charge in [0.2, 0.25) is 11.6 Å². The van der Waals surface area contributed by atoms with Crippen molar-refractivity contribution in [3.8, 4) is 0 Å². The van der Waals surface area contributed by atoms with Gasteiger partial charge in [0.05, 0.1) is 11.8 Å². The van der Waals surface area contributed by atoms with Gasteiger partial charge in [-0.15, -0.1) is 45.3 Å². The van der Waals surface area contributed by atoms with E-state index in [2.05, 4.69) is 52.0 Å². The van der Waals surface area contributed by atoms with Crippen molar-refractivity contribution in [1.82, 2.24) is 0 Å². The van der Waals surface area contributed by atoms with E-state index in [4.69, 9.17) is 0 Å². The van der Waals surface area contributed by atoms with Gasteiger partial charge in [-0.2, -0.15) is 0 Å². The Morgan fingerprint density at radius 2 is 0.674 bits per heavy atom. The Morgan fingerprint density at radius 1 is 0.435 bits per heavy atom. The fraction of sp³-hybridized carbons (Fsp3) is 0.450. The van der Waals surface area contributed by atoms with Gasteiger partial charge in [-0.3, -0.25) is 9.59 Å². The van der Waals surface area contributed by atoms with Crippen LogP contribution in [0.15, 0.2) is 24.3 Å². The third-order valence-corrected chi connectivity index (χ3v) is 15.2. The molecule has 0 fully saturated rings. The molecule has 238 valence electrons. The maximum Gasteiger partial charge on any atom is 0.211 e. The van der Waals surface area contributed by atoms with Crippen molar-refractivity contribution in [2.75, 3.05) is 0 Å². The molecule has 6 heteroatoms. The standard InChI is InChI=1S/C40H42O2S4/c1-5-9-13-21-17-25-26-18-22(14-10-6-2)44-38(26)32-30-34-33(29(35(41)36(30)42)31(32)37(25)43-21)39-27(19-23(45-39)15-11-7-3)28-20-24(16-12-8-4)46-40(28)34/h17-20,29-30H,5-16H2,1-4H3. The SMILES string of the molecule is CCCCc1cc2c(s1)c1c(c3sc(CCCC)cc32)C2C(=O)C(=O)C1c1c2c2sc(CCCC)cc2c2cc(CCCC)sc12. The van der Waals surface area contributed by atoms with Crippen LogP contribution in [-0.2, 0) is 35.3 Å². The molecule has 46 heavy (non-hydrogen) atoms. The molecule has 0 amide bonds. The van der Waals surface area contributed by atoms with Crippen LogP contribution in [0.5, 0.6) is 0 Å². The Hall–Kier alpha value is -2.38. The van der Waals surface area contributed by atoms with Gasteiger partial charge in [0.15, 0.2) is 0 Å². The molecule has 4 aromatic heterocycles. The molecule has 0 saturated carbocycles. The van der Waals surface area contributed by atoms with Gasteiger partial charge in [0.1, 0.15) is 0 Å². The quantitative estimate of drug-likeness (QED) is 0.120. The molecule has 3 aliphatic rings. The second kappa shape index (κ2) is 12.3. The lowest BCUT2D eigenvalue weighted by molar-refractivity contribution is -0.138. The minimum atomic E-state index is -0.501. The highest BCUT2D eigenvalue weighted by Crippen LogP contribution is 2.61. The number of fused-ring (bicyclic) bond motifs is 7. The number of aryl methyl sites for hydroxylation is 4. The minimum absolute atomic E-state index is 0.177. The van der Waals surface area contributed by atoms with Gasteiger partial charge >= 0.3 is 0 Å². The zero-order valence-electron chi connectivity index (χ0n) is 27.4. The second-order valence-electron chi connectivity index (χ2n) is 13.5. The predicted molar refractivity (Wildman–Crippen MR) is 203 cm³/mol. The smallest absolute Gasteiger partial charge is 0.211 e. The molecule has 0 unspecified atom stereocenters. The monoisotopic (exact) mass is 682 g/mol. The van der Waals surface area contributed by atoms with Crippen molar-refractivity contribution in [2.45, 2.75) is 117 Å². The van der Waals surface area contributed by atoms with Crippen LogP contribution in [0, 0.1) is 0 Å². The Kier molecular flexibility index (Phi) is 8.24. The summed E-state index contributed by atoms with van der Waals surface area (Å²) in [5.74, 6) is -1.36. The number of hydrogen-bond acceptors (Lipinski definition) is 6. The summed E-state index contributed by atoms with van der Waals surface area (Å²) >= 11 is 7.59. The maximum absolute atomic E-state index is 14.4. The van der Waals surface area contributed by atoms with Crippen LogP contribution in [0.4, 0.5) is 0 Å². The number of benzene rings is 2.